The highest BCUT2D eigenvalue weighted by atomic mass is 79.9. The van der Waals surface area contributed by atoms with Crippen LogP contribution >= 0.6 is 15.9 Å². The predicted molar refractivity (Wildman–Crippen MR) is 64.8 cm³/mol. The van der Waals surface area contributed by atoms with Crippen LogP contribution in [-0.4, -0.2) is 16.7 Å². The molecule has 90 valence electrons. The van der Waals surface area contributed by atoms with Crippen molar-refractivity contribution in [2.45, 2.75) is 13.5 Å². The second kappa shape index (κ2) is 5.37. The van der Waals surface area contributed by atoms with Crippen molar-refractivity contribution in [3.63, 3.8) is 0 Å². The van der Waals surface area contributed by atoms with Crippen LogP contribution in [0.4, 0.5) is 4.39 Å². The normalized spacial score (nSPS) is 10.8. The minimum Gasteiger partial charge on any atom is -0.334 e. The van der Waals surface area contributed by atoms with Gasteiger partial charge in [-0.05, 0) is 34.6 Å². The zero-order chi connectivity index (χ0) is 12.3. The van der Waals surface area contributed by atoms with Crippen molar-refractivity contribution >= 4 is 15.9 Å². The molecule has 0 saturated carbocycles. The van der Waals surface area contributed by atoms with Crippen LogP contribution < -0.4 is 5.32 Å². The van der Waals surface area contributed by atoms with E-state index >= 15 is 0 Å². The van der Waals surface area contributed by atoms with E-state index < -0.39 is 0 Å². The fourth-order valence-electron chi connectivity index (χ4n) is 1.34. The monoisotopic (exact) mass is 299 g/mol. The van der Waals surface area contributed by atoms with Crippen molar-refractivity contribution < 1.29 is 8.91 Å². The van der Waals surface area contributed by atoms with Crippen LogP contribution in [0.25, 0.3) is 11.5 Å². The maximum Gasteiger partial charge on any atom is 0.259 e. The summed E-state index contributed by atoms with van der Waals surface area (Å²) in [6.45, 7) is 3.35. The molecule has 0 spiro atoms. The van der Waals surface area contributed by atoms with Crippen LogP contribution in [0, 0.1) is 5.82 Å². The fraction of sp³-hybridized carbons (Fsp3) is 0.273. The van der Waals surface area contributed by atoms with Gasteiger partial charge in [-0.1, -0.05) is 18.1 Å². The third kappa shape index (κ3) is 2.70. The van der Waals surface area contributed by atoms with Crippen LogP contribution in [0.2, 0.25) is 0 Å². The van der Waals surface area contributed by atoms with Gasteiger partial charge in [0.1, 0.15) is 5.82 Å². The number of aromatic nitrogens is 2. The van der Waals surface area contributed by atoms with Gasteiger partial charge in [0.2, 0.25) is 0 Å². The molecule has 0 bridgehead atoms. The number of hydrogen-bond acceptors (Lipinski definition) is 4. The Bertz CT molecular complexity index is 515. The van der Waals surface area contributed by atoms with Gasteiger partial charge in [-0.25, -0.2) is 4.39 Å². The molecule has 6 heteroatoms. The van der Waals surface area contributed by atoms with E-state index in [-0.39, 0.29) is 5.82 Å². The molecule has 0 aliphatic rings. The van der Waals surface area contributed by atoms with Crippen molar-refractivity contribution in [3.05, 3.63) is 34.3 Å². The van der Waals surface area contributed by atoms with E-state index in [1.807, 2.05) is 6.92 Å². The zero-order valence-corrected chi connectivity index (χ0v) is 10.8. The molecule has 0 aliphatic carbocycles. The molecule has 2 rings (SSSR count). The maximum atomic E-state index is 13.3. The first kappa shape index (κ1) is 12.2. The molecule has 1 heterocycles. The van der Waals surface area contributed by atoms with Crippen molar-refractivity contribution in [1.29, 1.82) is 0 Å². The van der Waals surface area contributed by atoms with E-state index in [2.05, 4.69) is 31.4 Å². The molecule has 2 aromatic rings. The Morgan fingerprint density at radius 2 is 2.29 bits per heavy atom. The second-order valence-electron chi connectivity index (χ2n) is 3.40. The third-order valence-electron chi connectivity index (χ3n) is 2.18. The smallest absolute Gasteiger partial charge is 0.259 e. The van der Waals surface area contributed by atoms with Crippen LogP contribution in [0.1, 0.15) is 12.7 Å². The lowest BCUT2D eigenvalue weighted by atomic mass is 10.2. The Hall–Kier alpha value is -1.27. The van der Waals surface area contributed by atoms with Gasteiger partial charge in [0, 0.05) is 0 Å². The van der Waals surface area contributed by atoms with Gasteiger partial charge in [-0.15, -0.1) is 0 Å². The molecular formula is C11H11BrFN3O. The highest BCUT2D eigenvalue weighted by Crippen LogP contribution is 2.28. The van der Waals surface area contributed by atoms with E-state index in [0.717, 1.165) is 6.54 Å². The lowest BCUT2D eigenvalue weighted by molar-refractivity contribution is 0.419. The molecule has 1 aromatic carbocycles. The average Bonchev–Trinajstić information content (AvgIpc) is 2.78. The van der Waals surface area contributed by atoms with Gasteiger partial charge in [-0.2, -0.15) is 4.98 Å². The molecule has 17 heavy (non-hydrogen) atoms. The van der Waals surface area contributed by atoms with Gasteiger partial charge in [-0.3, -0.25) is 0 Å². The second-order valence-corrected chi connectivity index (χ2v) is 4.19. The first-order chi connectivity index (χ1) is 8.22. The van der Waals surface area contributed by atoms with E-state index in [0.29, 0.717) is 28.3 Å². The van der Waals surface area contributed by atoms with Crippen molar-refractivity contribution in [3.8, 4) is 11.5 Å². The summed E-state index contributed by atoms with van der Waals surface area (Å²) < 4.78 is 18.7. The number of nitrogens with one attached hydrogen (secondary N) is 1. The molecule has 4 nitrogen and oxygen atoms in total. The first-order valence-electron chi connectivity index (χ1n) is 5.20. The number of halogens is 2. The average molecular weight is 300 g/mol. The highest BCUT2D eigenvalue weighted by Gasteiger charge is 2.13. The molecule has 0 fully saturated rings. The van der Waals surface area contributed by atoms with E-state index in [1.165, 1.54) is 6.07 Å². The minimum absolute atomic E-state index is 0.310. The van der Waals surface area contributed by atoms with Gasteiger partial charge in [0.15, 0.2) is 5.82 Å². The third-order valence-corrected chi connectivity index (χ3v) is 2.99. The summed E-state index contributed by atoms with van der Waals surface area (Å²) in [7, 11) is 0. The standard InChI is InChI=1S/C11H11BrFN3O/c1-2-14-6-9-15-11(17-16-9)7-4-3-5-8(13)10(7)12/h3-5,14H,2,6H2,1H3. The maximum absolute atomic E-state index is 13.3. The molecule has 0 radical (unpaired) electrons. The Labute approximate surface area is 106 Å². The highest BCUT2D eigenvalue weighted by molar-refractivity contribution is 9.10. The summed E-state index contributed by atoms with van der Waals surface area (Å²) in [5.74, 6) is 0.510. The van der Waals surface area contributed by atoms with Crippen molar-refractivity contribution in [2.24, 2.45) is 0 Å². The first-order valence-corrected chi connectivity index (χ1v) is 5.99. The van der Waals surface area contributed by atoms with Gasteiger partial charge in [0.05, 0.1) is 16.6 Å². The summed E-state index contributed by atoms with van der Waals surface area (Å²) in [6.07, 6.45) is 0. The number of rotatable bonds is 4. The molecule has 0 unspecified atom stereocenters. The number of nitrogens with zero attached hydrogens (tertiary/aromatic N) is 2. The summed E-state index contributed by atoms with van der Waals surface area (Å²) in [5.41, 5.74) is 0.556. The van der Waals surface area contributed by atoms with Crippen LogP contribution in [0.15, 0.2) is 27.2 Å². The summed E-state index contributed by atoms with van der Waals surface area (Å²) in [5, 5.41) is 6.89. The molecule has 1 N–H and O–H groups in total. The summed E-state index contributed by atoms with van der Waals surface area (Å²) >= 11 is 3.16. The molecule has 0 atom stereocenters. The number of benzene rings is 1. The molecule has 0 aliphatic heterocycles. The predicted octanol–water partition coefficient (Wildman–Crippen LogP) is 2.75. The SMILES string of the molecule is CCNCc1noc(-c2cccc(F)c2Br)n1. The topological polar surface area (TPSA) is 51.0 Å². The molecule has 1 aromatic heterocycles. The van der Waals surface area contributed by atoms with Crippen LogP contribution in [0.3, 0.4) is 0 Å². The fourth-order valence-corrected chi connectivity index (χ4v) is 1.77. The number of hydrogen-bond donors (Lipinski definition) is 1. The molecule has 0 amide bonds. The summed E-state index contributed by atoms with van der Waals surface area (Å²) in [6, 6.07) is 4.69. The largest absolute Gasteiger partial charge is 0.334 e. The summed E-state index contributed by atoms with van der Waals surface area (Å²) in [4.78, 5) is 4.18. The van der Waals surface area contributed by atoms with Crippen molar-refractivity contribution in [1.82, 2.24) is 15.5 Å². The van der Waals surface area contributed by atoms with Crippen molar-refractivity contribution in [2.75, 3.05) is 6.54 Å². The molecule has 0 saturated heterocycles. The van der Waals surface area contributed by atoms with E-state index in [9.17, 15) is 4.39 Å². The Morgan fingerprint density at radius 3 is 3.06 bits per heavy atom. The van der Waals surface area contributed by atoms with E-state index in [4.69, 9.17) is 4.52 Å². The van der Waals surface area contributed by atoms with Crippen LogP contribution in [0.5, 0.6) is 0 Å². The van der Waals surface area contributed by atoms with Gasteiger partial charge in [0.25, 0.3) is 5.89 Å². The minimum atomic E-state index is -0.353. The Balaban J connectivity index is 2.27. The molecular weight excluding hydrogens is 289 g/mol. The quantitative estimate of drug-likeness (QED) is 0.943. The van der Waals surface area contributed by atoms with Gasteiger partial charge < -0.3 is 9.84 Å². The Kier molecular flexibility index (Phi) is 3.86. The Morgan fingerprint density at radius 1 is 1.47 bits per heavy atom. The van der Waals surface area contributed by atoms with Gasteiger partial charge >= 0.3 is 0 Å². The van der Waals surface area contributed by atoms with E-state index in [1.54, 1.807) is 12.1 Å². The zero-order valence-electron chi connectivity index (χ0n) is 9.20. The lowest BCUT2D eigenvalue weighted by Crippen LogP contribution is -2.12. The lowest BCUT2D eigenvalue weighted by Gasteiger charge is -1.98. The van der Waals surface area contributed by atoms with Crippen LogP contribution in [-0.2, 0) is 6.54 Å².